The van der Waals surface area contributed by atoms with Gasteiger partial charge in [-0.05, 0) is 30.9 Å². The molecule has 0 aromatic heterocycles. The molecule has 0 saturated carbocycles. The zero-order valence-electron chi connectivity index (χ0n) is 10.6. The summed E-state index contributed by atoms with van der Waals surface area (Å²) in [5.41, 5.74) is 1.12. The number of hydrogen-bond donors (Lipinski definition) is 1. The number of rotatable bonds is 4. The molecule has 98 valence electrons. The van der Waals surface area contributed by atoms with Crippen LogP contribution in [0.5, 0.6) is 5.75 Å². The Morgan fingerprint density at radius 3 is 2.83 bits per heavy atom. The molecule has 0 amide bonds. The Labute approximate surface area is 107 Å². The topological polar surface area (TPSA) is 49.8 Å². The highest BCUT2D eigenvalue weighted by molar-refractivity contribution is 5.68. The van der Waals surface area contributed by atoms with Crippen molar-refractivity contribution in [1.82, 2.24) is 0 Å². The first-order valence-corrected chi connectivity index (χ1v) is 6.35. The second kappa shape index (κ2) is 5.76. The van der Waals surface area contributed by atoms with E-state index in [2.05, 4.69) is 11.8 Å². The maximum atomic E-state index is 10.5. The molecular weight excluding hydrogens is 230 g/mol. The summed E-state index contributed by atoms with van der Waals surface area (Å²) in [7, 11) is 0. The van der Waals surface area contributed by atoms with Crippen LogP contribution in [0.1, 0.15) is 19.8 Å². The molecule has 0 spiro atoms. The Hall–Kier alpha value is -1.71. The minimum atomic E-state index is -0.952. The fraction of sp³-hybridized carbons (Fsp3) is 0.500. The summed E-state index contributed by atoms with van der Waals surface area (Å²) in [5.74, 6) is 0.466. The quantitative estimate of drug-likeness (QED) is 0.890. The molecular formula is C14H19NO3. The molecule has 0 bridgehead atoms. The van der Waals surface area contributed by atoms with Crippen molar-refractivity contribution in [3.63, 3.8) is 0 Å². The van der Waals surface area contributed by atoms with E-state index < -0.39 is 5.97 Å². The summed E-state index contributed by atoms with van der Waals surface area (Å²) in [5, 5.41) is 8.59. The lowest BCUT2D eigenvalue weighted by Gasteiger charge is -2.32. The van der Waals surface area contributed by atoms with E-state index in [9.17, 15) is 4.79 Å². The lowest BCUT2D eigenvalue weighted by Crippen LogP contribution is -2.32. The molecule has 1 saturated heterocycles. The van der Waals surface area contributed by atoms with Gasteiger partial charge in [0.1, 0.15) is 5.75 Å². The van der Waals surface area contributed by atoms with Crippen molar-refractivity contribution in [2.45, 2.75) is 19.8 Å². The van der Waals surface area contributed by atoms with Crippen LogP contribution in [0, 0.1) is 5.92 Å². The van der Waals surface area contributed by atoms with Gasteiger partial charge in [-0.1, -0.05) is 13.0 Å². The number of piperidine rings is 1. The Kier molecular flexibility index (Phi) is 4.07. The fourth-order valence-electron chi connectivity index (χ4n) is 2.18. The fourth-order valence-corrected chi connectivity index (χ4v) is 2.18. The van der Waals surface area contributed by atoms with Crippen LogP contribution in [0.15, 0.2) is 24.3 Å². The van der Waals surface area contributed by atoms with Crippen molar-refractivity contribution < 1.29 is 14.6 Å². The van der Waals surface area contributed by atoms with Gasteiger partial charge in [0.2, 0.25) is 0 Å². The highest BCUT2D eigenvalue weighted by atomic mass is 16.5. The number of aliphatic carboxylic acids is 1. The molecule has 1 fully saturated rings. The number of hydrogen-bond acceptors (Lipinski definition) is 3. The molecule has 1 aliphatic heterocycles. The van der Waals surface area contributed by atoms with Gasteiger partial charge in [0.15, 0.2) is 6.61 Å². The van der Waals surface area contributed by atoms with Crippen molar-refractivity contribution in [3.05, 3.63) is 24.3 Å². The van der Waals surface area contributed by atoms with E-state index in [1.807, 2.05) is 18.2 Å². The highest BCUT2D eigenvalue weighted by Crippen LogP contribution is 2.25. The van der Waals surface area contributed by atoms with Crippen LogP contribution >= 0.6 is 0 Å². The predicted octanol–water partition coefficient (Wildman–Crippen LogP) is 2.39. The summed E-state index contributed by atoms with van der Waals surface area (Å²) in [4.78, 5) is 12.8. The van der Waals surface area contributed by atoms with Crippen molar-refractivity contribution in [2.24, 2.45) is 5.92 Å². The van der Waals surface area contributed by atoms with Crippen LogP contribution < -0.4 is 9.64 Å². The van der Waals surface area contributed by atoms with Crippen LogP contribution in [0.4, 0.5) is 5.69 Å². The number of carbonyl (C=O) groups is 1. The zero-order valence-corrected chi connectivity index (χ0v) is 10.6. The van der Waals surface area contributed by atoms with Crippen LogP contribution in [-0.4, -0.2) is 30.8 Å². The van der Waals surface area contributed by atoms with Crippen LogP contribution in [0.2, 0.25) is 0 Å². The minimum absolute atomic E-state index is 0.291. The van der Waals surface area contributed by atoms with Gasteiger partial charge in [-0.3, -0.25) is 0 Å². The van der Waals surface area contributed by atoms with Gasteiger partial charge >= 0.3 is 5.97 Å². The molecule has 1 heterocycles. The van der Waals surface area contributed by atoms with Crippen LogP contribution in [0.3, 0.4) is 0 Å². The third-order valence-electron chi connectivity index (χ3n) is 3.33. The average Bonchev–Trinajstić information content (AvgIpc) is 2.37. The maximum absolute atomic E-state index is 10.5. The maximum Gasteiger partial charge on any atom is 0.341 e. The minimum Gasteiger partial charge on any atom is -0.482 e. The van der Waals surface area contributed by atoms with Gasteiger partial charge in [0.05, 0.1) is 0 Å². The van der Waals surface area contributed by atoms with E-state index in [4.69, 9.17) is 9.84 Å². The molecule has 0 unspecified atom stereocenters. The molecule has 1 aromatic carbocycles. The standard InChI is InChI=1S/C14H19NO3/c1-11-5-7-15(8-6-11)12-3-2-4-13(9-12)18-10-14(16)17/h2-4,9,11H,5-8,10H2,1H3,(H,16,17). The van der Waals surface area contributed by atoms with Gasteiger partial charge in [0.25, 0.3) is 0 Å². The first-order chi connectivity index (χ1) is 8.65. The molecule has 18 heavy (non-hydrogen) atoms. The summed E-state index contributed by atoms with van der Waals surface area (Å²) >= 11 is 0. The summed E-state index contributed by atoms with van der Waals surface area (Å²) in [6.07, 6.45) is 2.42. The van der Waals surface area contributed by atoms with Gasteiger partial charge in [-0.15, -0.1) is 0 Å². The third kappa shape index (κ3) is 3.39. The number of carboxylic acids is 1. The number of ether oxygens (including phenoxy) is 1. The molecule has 1 aromatic rings. The Balaban J connectivity index is 2.00. The van der Waals surface area contributed by atoms with Crippen molar-refractivity contribution in [2.75, 3.05) is 24.6 Å². The highest BCUT2D eigenvalue weighted by Gasteiger charge is 2.16. The summed E-state index contributed by atoms with van der Waals surface area (Å²) in [6, 6.07) is 7.66. The van der Waals surface area contributed by atoms with E-state index in [1.165, 1.54) is 12.8 Å². The molecule has 1 aliphatic rings. The van der Waals surface area contributed by atoms with E-state index in [0.29, 0.717) is 5.75 Å². The lowest BCUT2D eigenvalue weighted by molar-refractivity contribution is -0.139. The molecule has 0 aliphatic carbocycles. The first-order valence-electron chi connectivity index (χ1n) is 6.35. The summed E-state index contributed by atoms with van der Waals surface area (Å²) in [6.45, 7) is 4.11. The van der Waals surface area contributed by atoms with Crippen molar-refractivity contribution >= 4 is 11.7 Å². The largest absolute Gasteiger partial charge is 0.482 e. The second-order valence-corrected chi connectivity index (χ2v) is 4.85. The first kappa shape index (κ1) is 12.7. The van der Waals surface area contributed by atoms with Crippen molar-refractivity contribution in [3.8, 4) is 5.75 Å². The molecule has 0 radical (unpaired) electrons. The zero-order chi connectivity index (χ0) is 13.0. The smallest absolute Gasteiger partial charge is 0.341 e. The van der Waals surface area contributed by atoms with Crippen LogP contribution in [-0.2, 0) is 4.79 Å². The monoisotopic (exact) mass is 249 g/mol. The molecule has 1 N–H and O–H groups in total. The van der Waals surface area contributed by atoms with E-state index >= 15 is 0 Å². The number of benzene rings is 1. The normalized spacial score (nSPS) is 16.6. The summed E-state index contributed by atoms with van der Waals surface area (Å²) < 4.78 is 5.19. The third-order valence-corrected chi connectivity index (χ3v) is 3.33. The van der Waals surface area contributed by atoms with Crippen LogP contribution in [0.25, 0.3) is 0 Å². The number of nitrogens with zero attached hydrogens (tertiary/aromatic N) is 1. The SMILES string of the molecule is CC1CCN(c2cccc(OCC(=O)O)c2)CC1. The average molecular weight is 249 g/mol. The lowest BCUT2D eigenvalue weighted by atomic mass is 9.99. The Morgan fingerprint density at radius 1 is 1.44 bits per heavy atom. The number of anilines is 1. The van der Waals surface area contributed by atoms with E-state index in [-0.39, 0.29) is 6.61 Å². The van der Waals surface area contributed by atoms with E-state index in [0.717, 1.165) is 24.7 Å². The molecule has 4 nitrogen and oxygen atoms in total. The second-order valence-electron chi connectivity index (χ2n) is 4.85. The van der Waals surface area contributed by atoms with Gasteiger partial charge in [-0.25, -0.2) is 4.79 Å². The van der Waals surface area contributed by atoms with Gasteiger partial charge < -0.3 is 14.7 Å². The van der Waals surface area contributed by atoms with Gasteiger partial charge in [-0.2, -0.15) is 0 Å². The Bertz CT molecular complexity index is 411. The number of carboxylic acid groups (broad SMARTS) is 1. The predicted molar refractivity (Wildman–Crippen MR) is 70.2 cm³/mol. The Morgan fingerprint density at radius 2 is 2.17 bits per heavy atom. The van der Waals surface area contributed by atoms with E-state index in [1.54, 1.807) is 6.07 Å². The van der Waals surface area contributed by atoms with Crippen molar-refractivity contribution in [1.29, 1.82) is 0 Å². The van der Waals surface area contributed by atoms with Gasteiger partial charge in [0, 0.05) is 24.8 Å². The molecule has 4 heteroatoms. The molecule has 0 atom stereocenters. The molecule has 2 rings (SSSR count).